The van der Waals surface area contributed by atoms with Gasteiger partial charge in [-0.25, -0.2) is 4.79 Å². The van der Waals surface area contributed by atoms with Crippen LogP contribution in [0, 0.1) is 11.8 Å². The Morgan fingerprint density at radius 2 is 1.58 bits per heavy atom. The molecule has 31 heavy (non-hydrogen) atoms. The van der Waals surface area contributed by atoms with Crippen LogP contribution in [-0.4, -0.2) is 55.4 Å². The fraction of sp³-hybridized carbons (Fsp3) is 0.364. The Morgan fingerprint density at radius 3 is 2.19 bits per heavy atom. The second-order valence-electron chi connectivity index (χ2n) is 8.06. The number of rotatable bonds is 1. The standard InChI is InChI=1S/C20H20N2O2.C2HF3O2/c1-21-9-13-11-22(12-14(13)10-21)15-6-7-19-17(8-15)20(23)16-4-2-3-5-18(16)24-19;3-2(4,5)1(6)7/h2-8,13-14H,9-12H2,1H3;(H,6,7). The first kappa shape index (κ1) is 21.2. The number of carbonyl (C=O) groups is 1. The second-order valence-corrected chi connectivity index (χ2v) is 8.06. The van der Waals surface area contributed by atoms with E-state index in [2.05, 4.69) is 22.9 Å². The maximum atomic E-state index is 12.8. The van der Waals surface area contributed by atoms with Crippen molar-refractivity contribution in [2.45, 2.75) is 6.18 Å². The molecule has 2 aliphatic rings. The maximum absolute atomic E-state index is 12.8. The average Bonchev–Trinajstić information content (AvgIpc) is 3.25. The van der Waals surface area contributed by atoms with Crippen LogP contribution in [-0.2, 0) is 4.79 Å². The summed E-state index contributed by atoms with van der Waals surface area (Å²) in [6.45, 7) is 4.53. The lowest BCUT2D eigenvalue weighted by Gasteiger charge is -2.21. The molecule has 0 spiro atoms. The van der Waals surface area contributed by atoms with Gasteiger partial charge in [0, 0.05) is 31.9 Å². The molecule has 0 saturated carbocycles. The Hall–Kier alpha value is -3.07. The van der Waals surface area contributed by atoms with E-state index in [9.17, 15) is 18.0 Å². The summed E-state index contributed by atoms with van der Waals surface area (Å²) in [7, 11) is 2.20. The Morgan fingerprint density at radius 1 is 1.00 bits per heavy atom. The summed E-state index contributed by atoms with van der Waals surface area (Å²) in [4.78, 5) is 26.6. The SMILES string of the molecule is CN1CC2CN(c3ccc4oc5ccccc5c(=O)c4c3)CC2C1.O=C(O)C(F)(F)F. The van der Waals surface area contributed by atoms with Crippen LogP contribution in [0.2, 0.25) is 0 Å². The molecular weight excluding hydrogens is 413 g/mol. The van der Waals surface area contributed by atoms with Gasteiger partial charge in [-0.1, -0.05) is 12.1 Å². The lowest BCUT2D eigenvalue weighted by molar-refractivity contribution is -0.192. The zero-order chi connectivity index (χ0) is 22.3. The van der Waals surface area contributed by atoms with Gasteiger partial charge in [-0.05, 0) is 49.2 Å². The molecule has 0 amide bonds. The van der Waals surface area contributed by atoms with Crippen molar-refractivity contribution in [3.8, 4) is 0 Å². The van der Waals surface area contributed by atoms with Gasteiger partial charge < -0.3 is 19.3 Å². The summed E-state index contributed by atoms with van der Waals surface area (Å²) in [6.07, 6.45) is -5.08. The van der Waals surface area contributed by atoms with Gasteiger partial charge in [0.1, 0.15) is 11.2 Å². The molecule has 5 rings (SSSR count). The third-order valence-corrected chi connectivity index (χ3v) is 5.84. The fourth-order valence-corrected chi connectivity index (χ4v) is 4.43. The first-order valence-electron chi connectivity index (χ1n) is 9.82. The Balaban J connectivity index is 0.000000289. The van der Waals surface area contributed by atoms with Gasteiger partial charge in [0.15, 0.2) is 0 Å². The van der Waals surface area contributed by atoms with Crippen molar-refractivity contribution < 1.29 is 27.5 Å². The lowest BCUT2D eigenvalue weighted by atomic mass is 10.0. The van der Waals surface area contributed by atoms with Crippen molar-refractivity contribution in [2.24, 2.45) is 11.8 Å². The van der Waals surface area contributed by atoms with E-state index >= 15 is 0 Å². The number of carboxylic acid groups (broad SMARTS) is 1. The van der Waals surface area contributed by atoms with Crippen LogP contribution in [0.4, 0.5) is 18.9 Å². The molecule has 1 N–H and O–H groups in total. The first-order chi connectivity index (χ1) is 14.6. The molecule has 2 unspecified atom stereocenters. The number of fused-ring (bicyclic) bond motifs is 3. The number of alkyl halides is 3. The molecular formula is C22H21F3N2O4. The topological polar surface area (TPSA) is 74.0 Å². The number of benzene rings is 2. The predicted octanol–water partition coefficient (Wildman–Crippen LogP) is 3.58. The number of anilines is 1. The quantitative estimate of drug-likeness (QED) is 0.591. The van der Waals surface area contributed by atoms with E-state index in [4.69, 9.17) is 14.3 Å². The highest BCUT2D eigenvalue weighted by Crippen LogP contribution is 2.34. The number of hydrogen-bond donors (Lipinski definition) is 1. The van der Waals surface area contributed by atoms with E-state index in [0.29, 0.717) is 21.9 Å². The van der Waals surface area contributed by atoms with Crippen LogP contribution in [0.15, 0.2) is 51.7 Å². The molecule has 0 bridgehead atoms. The maximum Gasteiger partial charge on any atom is 0.490 e. The van der Waals surface area contributed by atoms with Crippen molar-refractivity contribution in [3.05, 3.63) is 52.7 Å². The molecule has 0 radical (unpaired) electrons. The Labute approximate surface area is 175 Å². The number of aliphatic carboxylic acids is 1. The molecule has 6 nitrogen and oxygen atoms in total. The van der Waals surface area contributed by atoms with Crippen LogP contribution in [0.3, 0.4) is 0 Å². The zero-order valence-electron chi connectivity index (χ0n) is 16.7. The normalized spacial score (nSPS) is 21.2. The molecule has 9 heteroatoms. The smallest absolute Gasteiger partial charge is 0.475 e. The van der Waals surface area contributed by atoms with E-state index in [-0.39, 0.29) is 5.43 Å². The Bertz CT molecular complexity index is 1180. The third kappa shape index (κ3) is 4.23. The summed E-state index contributed by atoms with van der Waals surface area (Å²) in [5.74, 6) is -1.26. The molecule has 2 fully saturated rings. The van der Waals surface area contributed by atoms with Crippen molar-refractivity contribution in [2.75, 3.05) is 38.1 Å². The van der Waals surface area contributed by atoms with E-state index in [1.807, 2.05) is 36.4 Å². The molecule has 0 aliphatic carbocycles. The van der Waals surface area contributed by atoms with Crippen LogP contribution in [0.5, 0.6) is 0 Å². The first-order valence-corrected chi connectivity index (χ1v) is 9.82. The van der Waals surface area contributed by atoms with Crippen molar-refractivity contribution in [1.82, 2.24) is 4.90 Å². The summed E-state index contributed by atoms with van der Waals surface area (Å²) in [6, 6.07) is 13.5. The van der Waals surface area contributed by atoms with E-state index in [1.165, 1.54) is 13.1 Å². The van der Waals surface area contributed by atoms with Crippen LogP contribution >= 0.6 is 0 Å². The van der Waals surface area contributed by atoms with Crippen LogP contribution < -0.4 is 10.3 Å². The molecule has 2 saturated heterocycles. The molecule has 2 atom stereocenters. The minimum Gasteiger partial charge on any atom is -0.475 e. The van der Waals surface area contributed by atoms with E-state index < -0.39 is 12.1 Å². The molecule has 3 aromatic rings. The molecule has 1 aromatic heterocycles. The fourth-order valence-electron chi connectivity index (χ4n) is 4.43. The van der Waals surface area contributed by atoms with E-state index in [0.717, 1.165) is 30.6 Å². The highest BCUT2D eigenvalue weighted by Gasteiger charge is 2.39. The van der Waals surface area contributed by atoms with Gasteiger partial charge in [0.25, 0.3) is 0 Å². The van der Waals surface area contributed by atoms with Crippen LogP contribution in [0.25, 0.3) is 21.9 Å². The Kier molecular flexibility index (Phi) is 5.38. The largest absolute Gasteiger partial charge is 0.490 e. The number of nitrogens with zero attached hydrogens (tertiary/aromatic N) is 2. The van der Waals surface area contributed by atoms with Crippen molar-refractivity contribution >= 4 is 33.6 Å². The van der Waals surface area contributed by atoms with Gasteiger partial charge in [0.2, 0.25) is 5.43 Å². The zero-order valence-corrected chi connectivity index (χ0v) is 16.7. The molecule has 2 aliphatic heterocycles. The third-order valence-electron chi connectivity index (χ3n) is 5.84. The highest BCUT2D eigenvalue weighted by molar-refractivity contribution is 5.91. The number of halogens is 3. The van der Waals surface area contributed by atoms with Gasteiger partial charge in [-0.15, -0.1) is 0 Å². The lowest BCUT2D eigenvalue weighted by Crippen LogP contribution is -2.26. The van der Waals surface area contributed by atoms with Gasteiger partial charge in [0.05, 0.1) is 10.8 Å². The average molecular weight is 434 g/mol. The van der Waals surface area contributed by atoms with Gasteiger partial charge in [-0.3, -0.25) is 4.79 Å². The number of likely N-dealkylation sites (tertiary alicyclic amines) is 1. The number of para-hydroxylation sites is 1. The van der Waals surface area contributed by atoms with Gasteiger partial charge in [-0.2, -0.15) is 13.2 Å². The van der Waals surface area contributed by atoms with Crippen molar-refractivity contribution in [1.29, 1.82) is 0 Å². The van der Waals surface area contributed by atoms with Crippen LogP contribution in [0.1, 0.15) is 0 Å². The summed E-state index contributed by atoms with van der Waals surface area (Å²) in [5, 5.41) is 8.46. The molecule has 2 aromatic carbocycles. The monoisotopic (exact) mass is 434 g/mol. The minimum atomic E-state index is -5.08. The van der Waals surface area contributed by atoms with Gasteiger partial charge >= 0.3 is 12.1 Å². The summed E-state index contributed by atoms with van der Waals surface area (Å²) < 4.78 is 37.6. The van der Waals surface area contributed by atoms with E-state index in [1.54, 1.807) is 0 Å². The second kappa shape index (κ2) is 7.88. The minimum absolute atomic E-state index is 0.0628. The highest BCUT2D eigenvalue weighted by atomic mass is 19.4. The predicted molar refractivity (Wildman–Crippen MR) is 110 cm³/mol. The molecule has 164 valence electrons. The van der Waals surface area contributed by atoms with Crippen molar-refractivity contribution in [3.63, 3.8) is 0 Å². The summed E-state index contributed by atoms with van der Waals surface area (Å²) in [5.41, 5.74) is 2.53. The molecule has 3 heterocycles. The summed E-state index contributed by atoms with van der Waals surface area (Å²) >= 11 is 0. The number of hydrogen-bond acceptors (Lipinski definition) is 5. The number of carboxylic acids is 1.